The summed E-state index contributed by atoms with van der Waals surface area (Å²) in [7, 11) is -7.91. The van der Waals surface area contributed by atoms with Crippen molar-refractivity contribution >= 4 is 31.9 Å². The van der Waals surface area contributed by atoms with Gasteiger partial charge in [0.1, 0.15) is 12.1 Å². The molecule has 0 spiro atoms. The molecule has 0 saturated carbocycles. The summed E-state index contributed by atoms with van der Waals surface area (Å²) < 4.78 is 69.9. The normalized spacial score (nSPS) is 18.2. The summed E-state index contributed by atoms with van der Waals surface area (Å²) in [5.41, 5.74) is 1.85. The van der Waals surface area contributed by atoms with Gasteiger partial charge in [-0.15, -0.1) is 0 Å². The van der Waals surface area contributed by atoms with Crippen LogP contribution in [0, 0.1) is 25.7 Å². The summed E-state index contributed by atoms with van der Waals surface area (Å²) in [6, 6.07) is 11.0. The van der Waals surface area contributed by atoms with E-state index in [-0.39, 0.29) is 86.0 Å². The first-order valence-electron chi connectivity index (χ1n) is 16.6. The lowest BCUT2D eigenvalue weighted by molar-refractivity contribution is -0.137. The van der Waals surface area contributed by atoms with E-state index >= 15 is 0 Å². The van der Waals surface area contributed by atoms with Crippen molar-refractivity contribution in [3.63, 3.8) is 0 Å². The second kappa shape index (κ2) is 18.2. The quantitative estimate of drug-likeness (QED) is 0.342. The molecule has 2 N–H and O–H groups in total. The van der Waals surface area contributed by atoms with E-state index in [1.54, 1.807) is 34.1 Å². The third kappa shape index (κ3) is 11.1. The number of benzene rings is 2. The average molecular weight is 709 g/mol. The van der Waals surface area contributed by atoms with Crippen LogP contribution in [0.5, 0.6) is 0 Å². The summed E-state index contributed by atoms with van der Waals surface area (Å²) >= 11 is 0. The zero-order valence-electron chi connectivity index (χ0n) is 29.0. The van der Waals surface area contributed by atoms with Gasteiger partial charge in [0.15, 0.2) is 0 Å². The van der Waals surface area contributed by atoms with Crippen LogP contribution in [0.15, 0.2) is 58.3 Å². The maximum Gasteiger partial charge on any atom is 0.241 e. The molecule has 0 bridgehead atoms. The SMILES string of the molecule is CC[C@@H](C)[C@@H](NS(=O)(=O)c1ccc(C)cc1)C(=O)N1CCOCCN(C(=O)[C@H](NS(=O)(=O)c2ccc(C)cc2)[C@@H](C)CC)CCOCC1. The van der Waals surface area contributed by atoms with E-state index in [0.717, 1.165) is 11.1 Å². The minimum atomic E-state index is -3.95. The Morgan fingerprint density at radius 2 is 0.917 bits per heavy atom. The van der Waals surface area contributed by atoms with Crippen molar-refractivity contribution in [2.75, 3.05) is 52.6 Å². The van der Waals surface area contributed by atoms with Crippen molar-refractivity contribution in [2.45, 2.75) is 76.3 Å². The molecule has 2 amide bonds. The molecule has 0 radical (unpaired) electrons. The molecule has 4 atom stereocenters. The van der Waals surface area contributed by atoms with Crippen molar-refractivity contribution in [2.24, 2.45) is 11.8 Å². The maximum absolute atomic E-state index is 13.8. The maximum atomic E-state index is 13.8. The van der Waals surface area contributed by atoms with Gasteiger partial charge in [-0.05, 0) is 49.9 Å². The summed E-state index contributed by atoms with van der Waals surface area (Å²) in [6.45, 7) is 12.6. The van der Waals surface area contributed by atoms with Crippen molar-refractivity contribution in [1.82, 2.24) is 19.2 Å². The molecule has 1 aliphatic heterocycles. The van der Waals surface area contributed by atoms with Crippen LogP contribution < -0.4 is 9.44 Å². The highest BCUT2D eigenvalue weighted by Gasteiger charge is 2.34. The van der Waals surface area contributed by atoms with Gasteiger partial charge in [-0.25, -0.2) is 16.8 Å². The van der Waals surface area contributed by atoms with Crippen LogP contribution in [0.1, 0.15) is 51.7 Å². The molecule has 0 aliphatic carbocycles. The first-order valence-corrected chi connectivity index (χ1v) is 19.6. The highest BCUT2D eigenvalue weighted by Crippen LogP contribution is 2.19. The minimum absolute atomic E-state index is 0.0900. The smallest absolute Gasteiger partial charge is 0.241 e. The number of sulfonamides is 2. The third-order valence-electron chi connectivity index (χ3n) is 8.83. The molecule has 12 nitrogen and oxygen atoms in total. The van der Waals surface area contributed by atoms with E-state index in [4.69, 9.17) is 9.47 Å². The lowest BCUT2D eigenvalue weighted by atomic mass is 9.99. The Kier molecular flexibility index (Phi) is 15.0. The first kappa shape index (κ1) is 39.6. The van der Waals surface area contributed by atoms with Gasteiger partial charge in [0, 0.05) is 26.2 Å². The highest BCUT2D eigenvalue weighted by molar-refractivity contribution is 7.89. The molecule has 1 aliphatic rings. The number of hydrogen-bond acceptors (Lipinski definition) is 8. The predicted octanol–water partition coefficient (Wildman–Crippen LogP) is 3.09. The van der Waals surface area contributed by atoms with Gasteiger partial charge < -0.3 is 19.3 Å². The van der Waals surface area contributed by atoms with E-state index < -0.39 is 32.1 Å². The fraction of sp³-hybridized carbons (Fsp3) is 0.588. The Hall–Kier alpha value is -2.88. The van der Waals surface area contributed by atoms with Crippen molar-refractivity contribution in [1.29, 1.82) is 0 Å². The molecule has 14 heteroatoms. The lowest BCUT2D eigenvalue weighted by Gasteiger charge is -2.32. The van der Waals surface area contributed by atoms with Gasteiger partial charge in [-0.2, -0.15) is 9.44 Å². The Labute approximate surface area is 286 Å². The molecule has 1 saturated heterocycles. The van der Waals surface area contributed by atoms with E-state index in [0.29, 0.717) is 12.8 Å². The second-order valence-electron chi connectivity index (χ2n) is 12.5. The molecule has 1 fully saturated rings. The van der Waals surface area contributed by atoms with Gasteiger partial charge in [-0.3, -0.25) is 9.59 Å². The topological polar surface area (TPSA) is 151 Å². The number of carbonyl (C=O) groups excluding carboxylic acids is 2. The number of carbonyl (C=O) groups is 2. The van der Waals surface area contributed by atoms with Gasteiger partial charge in [-0.1, -0.05) is 75.9 Å². The van der Waals surface area contributed by atoms with Gasteiger partial charge >= 0.3 is 0 Å². The first-order chi connectivity index (χ1) is 22.7. The number of rotatable bonds is 12. The van der Waals surface area contributed by atoms with Crippen molar-refractivity contribution in [3.05, 3.63) is 59.7 Å². The number of amides is 2. The highest BCUT2D eigenvalue weighted by atomic mass is 32.2. The Balaban J connectivity index is 1.68. The zero-order chi connectivity index (χ0) is 35.5. The van der Waals surface area contributed by atoms with E-state index in [9.17, 15) is 26.4 Å². The van der Waals surface area contributed by atoms with Crippen LogP contribution >= 0.6 is 0 Å². The number of nitrogens with one attached hydrogen (secondary N) is 2. The summed E-state index contributed by atoms with van der Waals surface area (Å²) in [4.78, 5) is 30.9. The molecule has 0 aromatic heterocycles. The third-order valence-corrected chi connectivity index (χ3v) is 11.7. The van der Waals surface area contributed by atoms with Gasteiger partial charge in [0.25, 0.3) is 0 Å². The molecule has 2 aromatic carbocycles. The fourth-order valence-corrected chi connectivity index (χ4v) is 7.75. The van der Waals surface area contributed by atoms with E-state index in [2.05, 4.69) is 9.44 Å². The number of hydrogen-bond donors (Lipinski definition) is 2. The fourth-order valence-electron chi connectivity index (χ4n) is 5.16. The monoisotopic (exact) mass is 708 g/mol. The molecule has 3 rings (SSSR count). The molecule has 0 unspecified atom stereocenters. The van der Waals surface area contributed by atoms with Crippen LogP contribution in [0.3, 0.4) is 0 Å². The summed E-state index contributed by atoms with van der Waals surface area (Å²) in [6.07, 6.45) is 1.16. The summed E-state index contributed by atoms with van der Waals surface area (Å²) in [5.74, 6) is -1.28. The van der Waals surface area contributed by atoms with Crippen molar-refractivity contribution in [3.8, 4) is 0 Å². The standard InChI is InChI=1S/C34H52N4O8S2/c1-7-27(5)31(35-47(41,42)29-13-9-25(3)10-14-29)33(39)37-17-21-45-23-19-38(20-24-46-22-18-37)34(40)32(28(6)8-2)36-48(43,44)30-15-11-26(4)12-16-30/h9-16,27-28,31-32,35-36H,7-8,17-24H2,1-6H3/t27-,28+,31-,32-/m1/s1. The number of nitrogens with zero attached hydrogens (tertiary/aromatic N) is 2. The van der Waals surface area contributed by atoms with Crippen LogP contribution in [-0.2, 0) is 39.1 Å². The molecule has 2 aromatic rings. The minimum Gasteiger partial charge on any atom is -0.378 e. The van der Waals surface area contributed by atoms with Crippen molar-refractivity contribution < 1.29 is 35.9 Å². The largest absolute Gasteiger partial charge is 0.378 e. The Bertz CT molecular complexity index is 1420. The second-order valence-corrected chi connectivity index (χ2v) is 15.9. The Morgan fingerprint density at radius 3 is 1.19 bits per heavy atom. The molecule has 1 heterocycles. The van der Waals surface area contributed by atoms with Crippen LogP contribution in [0.25, 0.3) is 0 Å². The van der Waals surface area contributed by atoms with Gasteiger partial charge in [0.2, 0.25) is 31.9 Å². The predicted molar refractivity (Wildman–Crippen MR) is 184 cm³/mol. The summed E-state index contributed by atoms with van der Waals surface area (Å²) in [5, 5.41) is 0. The molecule has 268 valence electrons. The molecular weight excluding hydrogens is 657 g/mol. The number of aryl methyl sites for hydroxylation is 2. The van der Waals surface area contributed by atoms with Crippen LogP contribution in [0.4, 0.5) is 0 Å². The van der Waals surface area contributed by atoms with Crippen LogP contribution in [-0.4, -0.2) is 103 Å². The average Bonchev–Trinajstić information content (AvgIpc) is 3.05. The Morgan fingerprint density at radius 1 is 0.625 bits per heavy atom. The molecular formula is C34H52N4O8S2. The van der Waals surface area contributed by atoms with Gasteiger partial charge in [0.05, 0.1) is 36.2 Å². The number of ether oxygens (including phenoxy) is 2. The van der Waals surface area contributed by atoms with Crippen LogP contribution in [0.2, 0.25) is 0 Å². The van der Waals surface area contributed by atoms with E-state index in [1.807, 2.05) is 41.5 Å². The molecule has 48 heavy (non-hydrogen) atoms. The lowest BCUT2D eigenvalue weighted by Crippen LogP contribution is -2.54. The zero-order valence-corrected chi connectivity index (χ0v) is 30.6. The van der Waals surface area contributed by atoms with E-state index in [1.165, 1.54) is 24.3 Å².